The maximum Gasteiger partial charge on any atom is 0.261 e. The first-order valence-corrected chi connectivity index (χ1v) is 7.87. The van der Waals surface area contributed by atoms with Crippen molar-refractivity contribution in [3.8, 4) is 0 Å². The van der Waals surface area contributed by atoms with Gasteiger partial charge in [-0.1, -0.05) is 17.7 Å². The Labute approximate surface area is 124 Å². The van der Waals surface area contributed by atoms with Gasteiger partial charge in [-0.3, -0.25) is 4.72 Å². The number of nitrogens with two attached hydrogens (primary N) is 1. The van der Waals surface area contributed by atoms with Crippen molar-refractivity contribution in [1.29, 1.82) is 0 Å². The van der Waals surface area contributed by atoms with Crippen molar-refractivity contribution in [1.82, 2.24) is 0 Å². The predicted molar refractivity (Wildman–Crippen MR) is 80.8 cm³/mol. The average molecular weight is 362 g/mol. The monoisotopic (exact) mass is 360 g/mol. The van der Waals surface area contributed by atoms with Gasteiger partial charge >= 0.3 is 0 Å². The van der Waals surface area contributed by atoms with Gasteiger partial charge in [0.15, 0.2) is 0 Å². The Morgan fingerprint density at radius 1 is 1.16 bits per heavy atom. The molecular formula is C12H10BrClN2O2S. The zero-order chi connectivity index (χ0) is 14.0. The van der Waals surface area contributed by atoms with E-state index in [2.05, 4.69) is 20.7 Å². The predicted octanol–water partition coefficient (Wildman–Crippen LogP) is 3.49. The van der Waals surface area contributed by atoms with Gasteiger partial charge in [-0.25, -0.2) is 8.42 Å². The minimum absolute atomic E-state index is 0.110. The Morgan fingerprint density at radius 2 is 1.89 bits per heavy atom. The molecule has 0 aromatic heterocycles. The van der Waals surface area contributed by atoms with Crippen LogP contribution in [0.3, 0.4) is 0 Å². The molecule has 0 radical (unpaired) electrons. The fraction of sp³-hybridized carbons (Fsp3) is 0. The summed E-state index contributed by atoms with van der Waals surface area (Å²) in [5.74, 6) is 0. The van der Waals surface area contributed by atoms with Crippen molar-refractivity contribution in [2.75, 3.05) is 10.5 Å². The largest absolute Gasteiger partial charge is 0.399 e. The smallest absolute Gasteiger partial charge is 0.261 e. The van der Waals surface area contributed by atoms with E-state index in [0.29, 0.717) is 20.9 Å². The first kappa shape index (κ1) is 14.2. The molecule has 0 saturated carbocycles. The highest BCUT2D eigenvalue weighted by Gasteiger charge is 2.14. The molecule has 3 N–H and O–H groups in total. The highest BCUT2D eigenvalue weighted by Crippen LogP contribution is 2.27. The standard InChI is InChI=1S/C12H10BrClN2O2S/c13-11-7-9(4-5-12(11)14)16-19(17,18)10-3-1-2-8(15)6-10/h1-7,16H,15H2. The number of sulfonamides is 1. The lowest BCUT2D eigenvalue weighted by molar-refractivity contribution is 0.601. The van der Waals surface area contributed by atoms with E-state index < -0.39 is 10.0 Å². The molecule has 0 aliphatic heterocycles. The third kappa shape index (κ3) is 3.40. The van der Waals surface area contributed by atoms with E-state index in [1.54, 1.807) is 30.3 Å². The van der Waals surface area contributed by atoms with E-state index in [1.807, 2.05) is 0 Å². The van der Waals surface area contributed by atoms with Gasteiger partial charge in [0, 0.05) is 10.2 Å². The molecule has 19 heavy (non-hydrogen) atoms. The quantitative estimate of drug-likeness (QED) is 0.822. The van der Waals surface area contributed by atoms with E-state index in [4.69, 9.17) is 17.3 Å². The van der Waals surface area contributed by atoms with Gasteiger partial charge in [0.1, 0.15) is 0 Å². The van der Waals surface area contributed by atoms with E-state index in [1.165, 1.54) is 12.1 Å². The van der Waals surface area contributed by atoms with Gasteiger partial charge in [0.05, 0.1) is 15.6 Å². The van der Waals surface area contributed by atoms with Crippen molar-refractivity contribution in [3.05, 3.63) is 52.0 Å². The summed E-state index contributed by atoms with van der Waals surface area (Å²) >= 11 is 9.08. The Morgan fingerprint density at radius 3 is 2.53 bits per heavy atom. The molecular weight excluding hydrogens is 352 g/mol. The number of nitrogen functional groups attached to an aromatic ring is 1. The highest BCUT2D eigenvalue weighted by atomic mass is 79.9. The number of hydrogen-bond donors (Lipinski definition) is 2. The molecule has 4 nitrogen and oxygen atoms in total. The number of anilines is 2. The van der Waals surface area contributed by atoms with E-state index >= 15 is 0 Å². The Bertz CT molecular complexity index is 719. The molecule has 2 aromatic carbocycles. The first-order chi connectivity index (χ1) is 8.88. The summed E-state index contributed by atoms with van der Waals surface area (Å²) < 4.78 is 27.3. The van der Waals surface area contributed by atoms with Gasteiger partial charge in [0.25, 0.3) is 10.0 Å². The molecule has 0 unspecified atom stereocenters. The fourth-order valence-electron chi connectivity index (χ4n) is 1.46. The molecule has 0 fully saturated rings. The summed E-state index contributed by atoms with van der Waals surface area (Å²) in [5, 5.41) is 0.506. The van der Waals surface area contributed by atoms with Gasteiger partial charge in [0.2, 0.25) is 0 Å². The molecule has 7 heteroatoms. The van der Waals surface area contributed by atoms with Gasteiger partial charge < -0.3 is 5.73 Å². The molecule has 100 valence electrons. The van der Waals surface area contributed by atoms with Crippen molar-refractivity contribution in [2.24, 2.45) is 0 Å². The third-order valence-corrected chi connectivity index (χ3v) is 4.93. The van der Waals surface area contributed by atoms with Crippen LogP contribution in [0, 0.1) is 0 Å². The Kier molecular flexibility index (Phi) is 4.03. The van der Waals surface area contributed by atoms with Crippen LogP contribution in [0.2, 0.25) is 5.02 Å². The van der Waals surface area contributed by atoms with E-state index in [-0.39, 0.29) is 4.90 Å². The molecule has 0 spiro atoms. The summed E-state index contributed by atoms with van der Waals surface area (Å²) in [5.41, 5.74) is 6.38. The molecule has 0 heterocycles. The zero-order valence-corrected chi connectivity index (χ0v) is 12.8. The average Bonchev–Trinajstić information content (AvgIpc) is 2.33. The van der Waals surface area contributed by atoms with Crippen molar-refractivity contribution >= 4 is 48.9 Å². The minimum Gasteiger partial charge on any atom is -0.399 e. The van der Waals surface area contributed by atoms with E-state index in [9.17, 15) is 8.42 Å². The number of benzene rings is 2. The maximum atomic E-state index is 12.1. The molecule has 0 aliphatic rings. The second-order valence-electron chi connectivity index (χ2n) is 3.81. The lowest BCUT2D eigenvalue weighted by atomic mass is 10.3. The second-order valence-corrected chi connectivity index (χ2v) is 6.75. The van der Waals surface area contributed by atoms with Crippen LogP contribution in [0.4, 0.5) is 11.4 Å². The van der Waals surface area contributed by atoms with Crippen LogP contribution >= 0.6 is 27.5 Å². The summed E-state index contributed by atoms with van der Waals surface area (Å²) in [7, 11) is -3.66. The maximum absolute atomic E-state index is 12.1. The summed E-state index contributed by atoms with van der Waals surface area (Å²) in [6.07, 6.45) is 0. The second kappa shape index (κ2) is 5.40. The van der Waals surface area contributed by atoms with Crippen molar-refractivity contribution in [3.63, 3.8) is 0 Å². The topological polar surface area (TPSA) is 72.2 Å². The van der Waals surface area contributed by atoms with Crippen LogP contribution in [-0.4, -0.2) is 8.42 Å². The number of rotatable bonds is 3. The molecule has 0 saturated heterocycles. The zero-order valence-electron chi connectivity index (χ0n) is 9.60. The summed E-state index contributed by atoms with van der Waals surface area (Å²) in [4.78, 5) is 0.110. The Hall–Kier alpha value is -1.24. The van der Waals surface area contributed by atoms with Crippen LogP contribution in [0.5, 0.6) is 0 Å². The normalized spacial score (nSPS) is 11.3. The Balaban J connectivity index is 2.33. The minimum atomic E-state index is -3.66. The van der Waals surface area contributed by atoms with Crippen LogP contribution in [0.15, 0.2) is 51.8 Å². The van der Waals surface area contributed by atoms with Crippen LogP contribution in [0.1, 0.15) is 0 Å². The van der Waals surface area contributed by atoms with Crippen LogP contribution < -0.4 is 10.5 Å². The SMILES string of the molecule is Nc1cccc(S(=O)(=O)Nc2ccc(Cl)c(Br)c2)c1. The number of halogens is 2. The third-order valence-electron chi connectivity index (χ3n) is 2.34. The fourth-order valence-corrected chi connectivity index (χ4v) is 3.06. The number of hydrogen-bond acceptors (Lipinski definition) is 3. The lowest BCUT2D eigenvalue weighted by Gasteiger charge is -2.09. The molecule has 0 aliphatic carbocycles. The number of nitrogens with one attached hydrogen (secondary N) is 1. The molecule has 0 atom stereocenters. The van der Waals surface area contributed by atoms with Crippen molar-refractivity contribution < 1.29 is 8.42 Å². The van der Waals surface area contributed by atoms with Crippen LogP contribution in [-0.2, 0) is 10.0 Å². The highest BCUT2D eigenvalue weighted by molar-refractivity contribution is 9.10. The van der Waals surface area contributed by atoms with Gasteiger partial charge in [-0.05, 0) is 52.3 Å². The summed E-state index contributed by atoms with van der Waals surface area (Å²) in [6.45, 7) is 0. The van der Waals surface area contributed by atoms with Gasteiger partial charge in [-0.15, -0.1) is 0 Å². The first-order valence-electron chi connectivity index (χ1n) is 5.22. The molecule has 2 aromatic rings. The van der Waals surface area contributed by atoms with Gasteiger partial charge in [-0.2, -0.15) is 0 Å². The lowest BCUT2D eigenvalue weighted by Crippen LogP contribution is -2.13. The summed E-state index contributed by atoms with van der Waals surface area (Å²) in [6, 6.07) is 10.8. The molecule has 2 rings (SSSR count). The molecule has 0 amide bonds. The van der Waals surface area contributed by atoms with Crippen molar-refractivity contribution in [2.45, 2.75) is 4.90 Å². The van der Waals surface area contributed by atoms with E-state index in [0.717, 1.165) is 0 Å². The molecule has 0 bridgehead atoms. The van der Waals surface area contributed by atoms with Crippen LogP contribution in [0.25, 0.3) is 0 Å².